The molecular formula is C10H15N7. The Hall–Kier alpha value is -2.18. The Morgan fingerprint density at radius 1 is 1.24 bits per heavy atom. The van der Waals surface area contributed by atoms with E-state index < -0.39 is 0 Å². The van der Waals surface area contributed by atoms with E-state index >= 15 is 0 Å². The first-order valence-corrected chi connectivity index (χ1v) is 5.42. The van der Waals surface area contributed by atoms with Crippen molar-refractivity contribution < 1.29 is 0 Å². The molecule has 0 spiro atoms. The summed E-state index contributed by atoms with van der Waals surface area (Å²) in [5.74, 6) is 2.19. The van der Waals surface area contributed by atoms with Crippen molar-refractivity contribution in [2.45, 2.75) is 13.5 Å². The summed E-state index contributed by atoms with van der Waals surface area (Å²) in [6, 6.07) is 0. The summed E-state index contributed by atoms with van der Waals surface area (Å²) in [7, 11) is 1.84. The molecule has 0 aliphatic carbocycles. The Bertz CT molecular complexity index is 479. The average Bonchev–Trinajstić information content (AvgIpc) is 2.74. The van der Waals surface area contributed by atoms with Gasteiger partial charge >= 0.3 is 0 Å². The number of hydrogen-bond acceptors (Lipinski definition) is 6. The molecule has 0 unspecified atom stereocenters. The SMILES string of the molecule is CCNc1cncc(NCc2ncn(C)n2)n1. The minimum absolute atomic E-state index is 0.533. The van der Waals surface area contributed by atoms with E-state index in [1.54, 1.807) is 23.4 Å². The summed E-state index contributed by atoms with van der Waals surface area (Å²) in [5, 5.41) is 10.4. The third-order valence-corrected chi connectivity index (χ3v) is 2.07. The standard InChI is InChI=1S/C10H15N7/c1-3-12-8-4-11-5-9(15-8)13-6-10-14-7-17(2)16-10/h4-5,7H,3,6H2,1-2H3,(H2,12,13,15). The van der Waals surface area contributed by atoms with E-state index in [0.717, 1.165) is 18.2 Å². The highest BCUT2D eigenvalue weighted by atomic mass is 15.3. The smallest absolute Gasteiger partial charge is 0.169 e. The topological polar surface area (TPSA) is 80.5 Å². The van der Waals surface area contributed by atoms with Gasteiger partial charge in [-0.05, 0) is 6.92 Å². The maximum Gasteiger partial charge on any atom is 0.169 e. The van der Waals surface area contributed by atoms with Crippen LogP contribution in [0.1, 0.15) is 12.7 Å². The first-order valence-electron chi connectivity index (χ1n) is 5.42. The van der Waals surface area contributed by atoms with Crippen molar-refractivity contribution in [1.29, 1.82) is 0 Å². The van der Waals surface area contributed by atoms with Crippen LogP contribution in [0.4, 0.5) is 11.6 Å². The second-order valence-electron chi connectivity index (χ2n) is 3.51. The molecule has 0 saturated heterocycles. The highest BCUT2D eigenvalue weighted by Gasteiger charge is 2.00. The Morgan fingerprint density at radius 3 is 2.65 bits per heavy atom. The van der Waals surface area contributed by atoms with Crippen molar-refractivity contribution in [3.05, 3.63) is 24.5 Å². The van der Waals surface area contributed by atoms with Crippen LogP contribution in [0, 0.1) is 0 Å². The molecule has 7 nitrogen and oxygen atoms in total. The van der Waals surface area contributed by atoms with Crippen LogP contribution in [-0.2, 0) is 13.6 Å². The van der Waals surface area contributed by atoms with Gasteiger partial charge in [0.25, 0.3) is 0 Å². The van der Waals surface area contributed by atoms with E-state index in [2.05, 4.69) is 30.7 Å². The van der Waals surface area contributed by atoms with Crippen LogP contribution in [-0.4, -0.2) is 31.3 Å². The first kappa shape index (κ1) is 11.3. The molecule has 0 fully saturated rings. The summed E-state index contributed by atoms with van der Waals surface area (Å²) < 4.78 is 1.66. The lowest BCUT2D eigenvalue weighted by Crippen LogP contribution is -2.06. The van der Waals surface area contributed by atoms with Gasteiger partial charge in [0.15, 0.2) is 5.82 Å². The van der Waals surface area contributed by atoms with Crippen molar-refractivity contribution in [3.63, 3.8) is 0 Å². The lowest BCUT2D eigenvalue weighted by Gasteiger charge is -2.05. The van der Waals surface area contributed by atoms with Crippen LogP contribution in [0.3, 0.4) is 0 Å². The van der Waals surface area contributed by atoms with E-state index in [1.165, 1.54) is 0 Å². The lowest BCUT2D eigenvalue weighted by atomic mass is 10.5. The molecule has 0 aromatic carbocycles. The Kier molecular flexibility index (Phi) is 3.49. The number of aromatic nitrogens is 5. The fourth-order valence-electron chi connectivity index (χ4n) is 1.35. The quantitative estimate of drug-likeness (QED) is 0.789. The van der Waals surface area contributed by atoms with Gasteiger partial charge in [0.1, 0.15) is 18.0 Å². The molecule has 90 valence electrons. The minimum atomic E-state index is 0.533. The van der Waals surface area contributed by atoms with Crippen molar-refractivity contribution in [3.8, 4) is 0 Å². The normalized spacial score (nSPS) is 10.2. The molecule has 0 saturated carbocycles. The highest BCUT2D eigenvalue weighted by Crippen LogP contribution is 2.06. The van der Waals surface area contributed by atoms with Crippen LogP contribution < -0.4 is 10.6 Å². The number of nitrogens with zero attached hydrogens (tertiary/aromatic N) is 5. The van der Waals surface area contributed by atoms with Crippen LogP contribution in [0.15, 0.2) is 18.7 Å². The third-order valence-electron chi connectivity index (χ3n) is 2.07. The average molecular weight is 233 g/mol. The first-order chi connectivity index (χ1) is 8.28. The maximum absolute atomic E-state index is 4.34. The predicted octanol–water partition coefficient (Wildman–Crippen LogP) is 0.649. The molecule has 0 radical (unpaired) electrons. The largest absolute Gasteiger partial charge is 0.369 e. The molecule has 0 aliphatic heterocycles. The Labute approximate surface area is 99.3 Å². The Morgan fingerprint density at radius 2 is 2.00 bits per heavy atom. The van der Waals surface area contributed by atoms with Crippen LogP contribution in [0.5, 0.6) is 0 Å². The second kappa shape index (κ2) is 5.24. The van der Waals surface area contributed by atoms with Gasteiger partial charge in [-0.3, -0.25) is 9.67 Å². The fraction of sp³-hybridized carbons (Fsp3) is 0.400. The van der Waals surface area contributed by atoms with Gasteiger partial charge in [0.05, 0.1) is 18.9 Å². The molecule has 0 atom stereocenters. The fourth-order valence-corrected chi connectivity index (χ4v) is 1.35. The molecule has 17 heavy (non-hydrogen) atoms. The van der Waals surface area contributed by atoms with E-state index in [4.69, 9.17) is 0 Å². The van der Waals surface area contributed by atoms with Gasteiger partial charge in [-0.15, -0.1) is 0 Å². The molecular weight excluding hydrogens is 218 g/mol. The molecule has 2 rings (SSSR count). The van der Waals surface area contributed by atoms with E-state index in [9.17, 15) is 0 Å². The van der Waals surface area contributed by atoms with Crippen molar-refractivity contribution in [2.24, 2.45) is 7.05 Å². The third kappa shape index (κ3) is 3.13. The molecule has 2 heterocycles. The summed E-state index contributed by atoms with van der Waals surface area (Å²) in [5.41, 5.74) is 0. The summed E-state index contributed by atoms with van der Waals surface area (Å²) in [4.78, 5) is 12.5. The lowest BCUT2D eigenvalue weighted by molar-refractivity contribution is 0.747. The number of anilines is 2. The van der Waals surface area contributed by atoms with Gasteiger partial charge in [0, 0.05) is 13.6 Å². The number of rotatable bonds is 5. The van der Waals surface area contributed by atoms with E-state index in [0.29, 0.717) is 12.4 Å². The summed E-state index contributed by atoms with van der Waals surface area (Å²) in [6.07, 6.45) is 5.02. The van der Waals surface area contributed by atoms with Crippen molar-refractivity contribution in [1.82, 2.24) is 24.7 Å². The van der Waals surface area contributed by atoms with Crippen molar-refractivity contribution in [2.75, 3.05) is 17.2 Å². The monoisotopic (exact) mass is 233 g/mol. The van der Waals surface area contributed by atoms with Crippen LogP contribution in [0.2, 0.25) is 0 Å². The van der Waals surface area contributed by atoms with Gasteiger partial charge in [-0.1, -0.05) is 0 Å². The minimum Gasteiger partial charge on any atom is -0.369 e. The number of aryl methyl sites for hydroxylation is 1. The maximum atomic E-state index is 4.34. The number of nitrogens with one attached hydrogen (secondary N) is 2. The van der Waals surface area contributed by atoms with Gasteiger partial charge in [-0.2, -0.15) is 5.10 Å². The zero-order valence-electron chi connectivity index (χ0n) is 9.88. The molecule has 2 N–H and O–H groups in total. The van der Waals surface area contributed by atoms with Gasteiger partial charge in [-0.25, -0.2) is 9.97 Å². The van der Waals surface area contributed by atoms with Gasteiger partial charge in [0.2, 0.25) is 0 Å². The molecule has 0 aliphatic rings. The molecule has 2 aromatic rings. The number of hydrogen-bond donors (Lipinski definition) is 2. The highest BCUT2D eigenvalue weighted by molar-refractivity contribution is 5.41. The van der Waals surface area contributed by atoms with Crippen molar-refractivity contribution >= 4 is 11.6 Å². The molecule has 7 heteroatoms. The molecule has 0 amide bonds. The molecule has 0 bridgehead atoms. The summed E-state index contributed by atoms with van der Waals surface area (Å²) >= 11 is 0. The molecule has 2 aromatic heterocycles. The second-order valence-corrected chi connectivity index (χ2v) is 3.51. The Balaban J connectivity index is 1.96. The van der Waals surface area contributed by atoms with E-state index in [-0.39, 0.29) is 0 Å². The predicted molar refractivity (Wildman–Crippen MR) is 64.5 cm³/mol. The summed E-state index contributed by atoms with van der Waals surface area (Å²) in [6.45, 7) is 3.37. The van der Waals surface area contributed by atoms with E-state index in [1.807, 2.05) is 14.0 Å². The van der Waals surface area contributed by atoms with Crippen LogP contribution >= 0.6 is 0 Å². The van der Waals surface area contributed by atoms with Gasteiger partial charge < -0.3 is 10.6 Å². The zero-order chi connectivity index (χ0) is 12.1. The zero-order valence-corrected chi connectivity index (χ0v) is 9.88. The van der Waals surface area contributed by atoms with Crippen LogP contribution in [0.25, 0.3) is 0 Å².